The highest BCUT2D eigenvalue weighted by atomic mass is 35.5. The van der Waals surface area contributed by atoms with Gasteiger partial charge in [0.2, 0.25) is 10.0 Å². The molecule has 1 fully saturated rings. The van der Waals surface area contributed by atoms with Crippen LogP contribution < -0.4 is 10.0 Å². The molecule has 0 spiro atoms. The summed E-state index contributed by atoms with van der Waals surface area (Å²) < 4.78 is 49.4. The fourth-order valence-corrected chi connectivity index (χ4v) is 3.76. The average Bonchev–Trinajstić information content (AvgIpc) is 2.38. The molecule has 1 aliphatic rings. The third kappa shape index (κ3) is 4.89. The van der Waals surface area contributed by atoms with E-state index in [4.69, 9.17) is 0 Å². The molecule has 1 unspecified atom stereocenters. The number of sulfonamides is 1. The minimum Gasteiger partial charge on any atom is -0.315 e. The molecule has 1 aromatic heterocycles. The molecular weight excluding hydrogens is 338 g/mol. The van der Waals surface area contributed by atoms with Crippen molar-refractivity contribution in [2.45, 2.75) is 28.8 Å². The van der Waals surface area contributed by atoms with E-state index in [1.165, 1.54) is 12.1 Å². The van der Waals surface area contributed by atoms with Crippen molar-refractivity contribution in [2.24, 2.45) is 0 Å². The second-order valence-corrected chi connectivity index (χ2v) is 8.45. The third-order valence-corrected chi connectivity index (χ3v) is 5.53. The maximum absolute atomic E-state index is 12.1. The van der Waals surface area contributed by atoms with E-state index in [1.807, 2.05) is 0 Å². The van der Waals surface area contributed by atoms with E-state index in [-0.39, 0.29) is 28.4 Å². The van der Waals surface area contributed by atoms with Crippen LogP contribution in [0.5, 0.6) is 0 Å². The summed E-state index contributed by atoms with van der Waals surface area (Å²) in [5, 5.41) is 2.97. The summed E-state index contributed by atoms with van der Waals surface area (Å²) in [6.07, 6.45) is 3.78. The van der Waals surface area contributed by atoms with Crippen LogP contribution in [0.2, 0.25) is 0 Å². The first kappa shape index (κ1) is 18.3. The first-order chi connectivity index (χ1) is 9.29. The highest BCUT2D eigenvalue weighted by Crippen LogP contribution is 2.13. The molecule has 10 heteroatoms. The zero-order chi connectivity index (χ0) is 14.8. The zero-order valence-corrected chi connectivity index (χ0v) is 13.9. The van der Waals surface area contributed by atoms with Crippen LogP contribution in [0.15, 0.2) is 28.3 Å². The lowest BCUT2D eigenvalue weighted by Crippen LogP contribution is -2.45. The molecule has 21 heavy (non-hydrogen) atoms. The van der Waals surface area contributed by atoms with Crippen LogP contribution in [0.4, 0.5) is 0 Å². The molecule has 0 amide bonds. The molecule has 7 nitrogen and oxygen atoms in total. The smallest absolute Gasteiger partial charge is 0.242 e. The standard InChI is InChI=1S/C11H17N3O4S2.ClH/c1-19(15,16)11-5-4-10(8-13-11)20(17,18)14-9-3-2-6-12-7-9;/h4-5,8-9,12,14H,2-3,6-7H2,1H3;1H. The monoisotopic (exact) mass is 355 g/mol. The summed E-state index contributed by atoms with van der Waals surface area (Å²) in [4.78, 5) is 3.65. The number of aromatic nitrogens is 1. The van der Waals surface area contributed by atoms with Crippen molar-refractivity contribution in [3.8, 4) is 0 Å². The Morgan fingerprint density at radius 3 is 2.48 bits per heavy atom. The molecule has 0 aromatic carbocycles. The Bertz CT molecular complexity index is 668. The van der Waals surface area contributed by atoms with Crippen molar-refractivity contribution in [2.75, 3.05) is 19.3 Å². The van der Waals surface area contributed by atoms with Gasteiger partial charge in [0.25, 0.3) is 0 Å². The number of halogens is 1. The number of nitrogens with one attached hydrogen (secondary N) is 2. The van der Waals surface area contributed by atoms with E-state index < -0.39 is 19.9 Å². The second-order valence-electron chi connectivity index (χ2n) is 4.77. The minimum atomic E-state index is -3.67. The van der Waals surface area contributed by atoms with Crippen LogP contribution in [-0.2, 0) is 19.9 Å². The van der Waals surface area contributed by atoms with Gasteiger partial charge in [0, 0.05) is 25.0 Å². The van der Waals surface area contributed by atoms with Gasteiger partial charge in [-0.15, -0.1) is 12.4 Å². The van der Waals surface area contributed by atoms with Crippen molar-refractivity contribution >= 4 is 32.3 Å². The van der Waals surface area contributed by atoms with Gasteiger partial charge in [0.1, 0.15) is 4.90 Å². The van der Waals surface area contributed by atoms with Crippen molar-refractivity contribution in [3.05, 3.63) is 18.3 Å². The van der Waals surface area contributed by atoms with Gasteiger partial charge in [-0.05, 0) is 31.5 Å². The third-order valence-electron chi connectivity index (χ3n) is 3.02. The maximum Gasteiger partial charge on any atom is 0.242 e. The molecule has 0 saturated carbocycles. The van der Waals surface area contributed by atoms with Crippen LogP contribution in [0.1, 0.15) is 12.8 Å². The van der Waals surface area contributed by atoms with E-state index in [1.54, 1.807) is 0 Å². The molecule has 1 aliphatic heterocycles. The average molecular weight is 356 g/mol. The summed E-state index contributed by atoms with van der Waals surface area (Å²) in [5.41, 5.74) is 0. The number of pyridine rings is 1. The predicted octanol–water partition coefficient (Wildman–Crippen LogP) is -0.0628. The summed E-state index contributed by atoms with van der Waals surface area (Å²) in [7, 11) is -7.10. The molecular formula is C11H18ClN3O4S2. The number of sulfone groups is 1. The predicted molar refractivity (Wildman–Crippen MR) is 80.8 cm³/mol. The summed E-state index contributed by atoms with van der Waals surface area (Å²) in [5.74, 6) is 0. The lowest BCUT2D eigenvalue weighted by Gasteiger charge is -2.23. The number of hydrogen-bond donors (Lipinski definition) is 2. The Balaban J connectivity index is 0.00000220. The Morgan fingerprint density at radius 2 is 2.00 bits per heavy atom. The first-order valence-corrected chi connectivity index (χ1v) is 9.56. The lowest BCUT2D eigenvalue weighted by molar-refractivity contribution is 0.428. The topological polar surface area (TPSA) is 105 Å². The van der Waals surface area contributed by atoms with Gasteiger partial charge in [0.05, 0.1) is 0 Å². The minimum absolute atomic E-state index is 0. The molecule has 2 heterocycles. The van der Waals surface area contributed by atoms with Gasteiger partial charge in [-0.3, -0.25) is 0 Å². The number of nitrogens with zero attached hydrogens (tertiary/aromatic N) is 1. The van der Waals surface area contributed by atoms with Gasteiger partial charge in [-0.1, -0.05) is 0 Å². The molecule has 2 rings (SSSR count). The van der Waals surface area contributed by atoms with E-state index >= 15 is 0 Å². The molecule has 0 aliphatic carbocycles. The van der Waals surface area contributed by atoms with Crippen molar-refractivity contribution in [1.82, 2.24) is 15.0 Å². The first-order valence-electron chi connectivity index (χ1n) is 6.18. The largest absolute Gasteiger partial charge is 0.315 e. The second kappa shape index (κ2) is 7.01. The lowest BCUT2D eigenvalue weighted by atomic mass is 10.1. The van der Waals surface area contributed by atoms with E-state index in [0.717, 1.165) is 31.8 Å². The Morgan fingerprint density at radius 1 is 1.29 bits per heavy atom. The van der Waals surface area contributed by atoms with Crippen LogP contribution in [0.25, 0.3) is 0 Å². The van der Waals surface area contributed by atoms with E-state index in [0.29, 0.717) is 6.54 Å². The molecule has 0 bridgehead atoms. The summed E-state index contributed by atoms with van der Waals surface area (Å²) >= 11 is 0. The quantitative estimate of drug-likeness (QED) is 0.783. The molecule has 1 atom stereocenters. The van der Waals surface area contributed by atoms with Crippen LogP contribution >= 0.6 is 12.4 Å². The van der Waals surface area contributed by atoms with E-state index in [9.17, 15) is 16.8 Å². The van der Waals surface area contributed by atoms with E-state index in [2.05, 4.69) is 15.0 Å². The fourth-order valence-electron chi connectivity index (χ4n) is 1.98. The van der Waals surface area contributed by atoms with Gasteiger partial charge >= 0.3 is 0 Å². The normalized spacial score (nSPS) is 19.8. The molecule has 1 aromatic rings. The van der Waals surface area contributed by atoms with Gasteiger partial charge in [0.15, 0.2) is 14.9 Å². The molecule has 120 valence electrons. The van der Waals surface area contributed by atoms with Gasteiger partial charge < -0.3 is 5.32 Å². The van der Waals surface area contributed by atoms with Gasteiger partial charge in [-0.25, -0.2) is 26.5 Å². The highest BCUT2D eigenvalue weighted by Gasteiger charge is 2.22. The Hall–Kier alpha value is -0.740. The highest BCUT2D eigenvalue weighted by molar-refractivity contribution is 7.90. The Kier molecular flexibility index (Phi) is 6.11. The van der Waals surface area contributed by atoms with Crippen molar-refractivity contribution in [1.29, 1.82) is 0 Å². The van der Waals surface area contributed by atoms with Crippen molar-refractivity contribution in [3.63, 3.8) is 0 Å². The van der Waals surface area contributed by atoms with Crippen LogP contribution in [-0.4, -0.2) is 47.2 Å². The number of hydrogen-bond acceptors (Lipinski definition) is 6. The van der Waals surface area contributed by atoms with Crippen molar-refractivity contribution < 1.29 is 16.8 Å². The zero-order valence-electron chi connectivity index (χ0n) is 11.4. The Labute approximate surface area is 130 Å². The number of rotatable bonds is 4. The maximum atomic E-state index is 12.1. The van der Waals surface area contributed by atoms with Crippen LogP contribution in [0, 0.1) is 0 Å². The molecule has 2 N–H and O–H groups in total. The molecule has 0 radical (unpaired) electrons. The van der Waals surface area contributed by atoms with Gasteiger partial charge in [-0.2, -0.15) is 0 Å². The molecule has 1 saturated heterocycles. The summed E-state index contributed by atoms with van der Waals surface area (Å²) in [6.45, 7) is 1.48. The summed E-state index contributed by atoms with van der Waals surface area (Å²) in [6, 6.07) is 2.30. The number of piperidine rings is 1. The fraction of sp³-hybridized carbons (Fsp3) is 0.545. The van der Waals surface area contributed by atoms with Crippen LogP contribution in [0.3, 0.4) is 0 Å². The SMILES string of the molecule is CS(=O)(=O)c1ccc(S(=O)(=O)NC2CCCNC2)cn1.Cl.